The molecule has 0 saturated carbocycles. The van der Waals surface area contributed by atoms with Gasteiger partial charge in [0.25, 0.3) is 0 Å². The van der Waals surface area contributed by atoms with Gasteiger partial charge < -0.3 is 4.74 Å². The van der Waals surface area contributed by atoms with Gasteiger partial charge in [-0.3, -0.25) is 0 Å². The van der Waals surface area contributed by atoms with Gasteiger partial charge in [0.1, 0.15) is 0 Å². The van der Waals surface area contributed by atoms with Gasteiger partial charge in [0.05, 0.1) is 12.4 Å². The second-order valence-corrected chi connectivity index (χ2v) is 6.17. The molecule has 0 N–H and O–H groups in total. The molecule has 1 rings (SSSR count). The van der Waals surface area contributed by atoms with E-state index >= 15 is 0 Å². The zero-order valence-electron chi connectivity index (χ0n) is 10.4. The van der Waals surface area contributed by atoms with Gasteiger partial charge in [-0.15, -0.1) is 11.6 Å². The Balaban J connectivity index is 2.75. The Bertz CT molecular complexity index is 436. The van der Waals surface area contributed by atoms with Gasteiger partial charge in [-0.1, -0.05) is 30.3 Å². The van der Waals surface area contributed by atoms with E-state index in [1.165, 1.54) is 4.31 Å². The third-order valence-corrected chi connectivity index (χ3v) is 4.48. The van der Waals surface area contributed by atoms with Crippen LogP contribution < -0.4 is 0 Å². The minimum absolute atomic E-state index is 0.00551. The molecule has 0 saturated heterocycles. The van der Waals surface area contributed by atoms with Crippen molar-refractivity contribution in [3.8, 4) is 0 Å². The summed E-state index contributed by atoms with van der Waals surface area (Å²) >= 11 is 5.64. The quantitative estimate of drug-likeness (QED) is 0.685. The molecule has 0 spiro atoms. The van der Waals surface area contributed by atoms with Crippen molar-refractivity contribution in [3.05, 3.63) is 35.9 Å². The molecule has 0 aliphatic carbocycles. The van der Waals surface area contributed by atoms with Crippen molar-refractivity contribution in [2.75, 3.05) is 32.7 Å². The number of halogens is 1. The Hall–Kier alpha value is -0.620. The normalized spacial score (nSPS) is 11.9. The third kappa shape index (κ3) is 4.94. The molecule has 0 bridgehead atoms. The lowest BCUT2D eigenvalue weighted by atomic mass is 10.2. The highest BCUT2D eigenvalue weighted by atomic mass is 35.5. The summed E-state index contributed by atoms with van der Waals surface area (Å²) in [4.78, 5) is 0. The molecule has 1 aromatic rings. The second-order valence-electron chi connectivity index (χ2n) is 3.82. The van der Waals surface area contributed by atoms with Crippen molar-refractivity contribution >= 4 is 21.6 Å². The van der Waals surface area contributed by atoms with Gasteiger partial charge in [-0.05, 0) is 5.56 Å². The molecule has 0 fully saturated rings. The van der Waals surface area contributed by atoms with Crippen LogP contribution in [0.4, 0.5) is 0 Å². The van der Waals surface area contributed by atoms with Gasteiger partial charge in [0.2, 0.25) is 10.0 Å². The minimum Gasteiger partial charge on any atom is -0.383 e. The van der Waals surface area contributed by atoms with Crippen molar-refractivity contribution in [3.63, 3.8) is 0 Å². The van der Waals surface area contributed by atoms with E-state index in [9.17, 15) is 8.42 Å². The lowest BCUT2D eigenvalue weighted by Gasteiger charge is -2.20. The van der Waals surface area contributed by atoms with Crippen LogP contribution in [0.1, 0.15) is 5.56 Å². The van der Waals surface area contributed by atoms with E-state index in [2.05, 4.69) is 0 Å². The topological polar surface area (TPSA) is 46.6 Å². The number of benzene rings is 1. The summed E-state index contributed by atoms with van der Waals surface area (Å²) < 4.78 is 30.7. The van der Waals surface area contributed by atoms with Crippen LogP contribution in [0.15, 0.2) is 30.3 Å². The zero-order valence-corrected chi connectivity index (χ0v) is 12.0. The smallest absolute Gasteiger partial charge is 0.218 e. The first-order chi connectivity index (χ1) is 8.60. The van der Waals surface area contributed by atoms with Crippen LogP contribution in [-0.4, -0.2) is 45.4 Å². The molecule has 0 aromatic heterocycles. The van der Waals surface area contributed by atoms with Gasteiger partial charge in [0.15, 0.2) is 0 Å². The van der Waals surface area contributed by atoms with Crippen LogP contribution in [-0.2, 0) is 20.5 Å². The Labute approximate surface area is 114 Å². The molecular formula is C12H18ClNO3S. The summed E-state index contributed by atoms with van der Waals surface area (Å²) in [5, 5.41) is 0. The molecule has 0 aliphatic rings. The highest BCUT2D eigenvalue weighted by molar-refractivity contribution is 7.88. The zero-order chi connectivity index (χ0) is 13.4. The molecule has 4 nitrogen and oxygen atoms in total. The molecule has 18 heavy (non-hydrogen) atoms. The molecule has 0 atom stereocenters. The number of sulfonamides is 1. The number of hydrogen-bond donors (Lipinski definition) is 0. The average molecular weight is 292 g/mol. The molecule has 0 amide bonds. The number of nitrogens with zero attached hydrogens (tertiary/aromatic N) is 1. The summed E-state index contributed by atoms with van der Waals surface area (Å²) in [5.74, 6) is 0.270. The van der Waals surface area contributed by atoms with Crippen molar-refractivity contribution in [1.82, 2.24) is 4.31 Å². The molecular weight excluding hydrogens is 274 g/mol. The van der Waals surface area contributed by atoms with Gasteiger partial charge >= 0.3 is 0 Å². The number of alkyl halides is 1. The van der Waals surface area contributed by atoms with Crippen LogP contribution >= 0.6 is 11.6 Å². The van der Waals surface area contributed by atoms with Crippen LogP contribution in [0.2, 0.25) is 0 Å². The molecule has 0 heterocycles. The highest BCUT2D eigenvalue weighted by Crippen LogP contribution is 2.10. The molecule has 0 aliphatic heterocycles. The third-order valence-electron chi connectivity index (χ3n) is 2.46. The number of methoxy groups -OCH3 is 1. The summed E-state index contributed by atoms with van der Waals surface area (Å²) in [6, 6.07) is 9.11. The second kappa shape index (κ2) is 7.74. The molecule has 0 radical (unpaired) electrons. The number of hydrogen-bond acceptors (Lipinski definition) is 3. The van der Waals surface area contributed by atoms with Crippen molar-refractivity contribution < 1.29 is 13.2 Å². The van der Waals surface area contributed by atoms with E-state index in [0.717, 1.165) is 5.56 Å². The first-order valence-electron chi connectivity index (χ1n) is 5.67. The maximum absolute atomic E-state index is 12.2. The van der Waals surface area contributed by atoms with Crippen LogP contribution in [0.25, 0.3) is 0 Å². The fraction of sp³-hybridized carbons (Fsp3) is 0.500. The summed E-state index contributed by atoms with van der Waals surface area (Å²) in [5.41, 5.74) is 0.773. The Morgan fingerprint density at radius 3 is 2.44 bits per heavy atom. The summed E-state index contributed by atoms with van der Waals surface area (Å²) in [7, 11) is -1.80. The SMILES string of the molecule is COCCN(CCCl)S(=O)(=O)Cc1ccccc1. The number of rotatable bonds is 8. The van der Waals surface area contributed by atoms with E-state index in [4.69, 9.17) is 16.3 Å². The van der Waals surface area contributed by atoms with E-state index in [1.807, 2.05) is 18.2 Å². The van der Waals surface area contributed by atoms with Crippen LogP contribution in [0.5, 0.6) is 0 Å². The van der Waals surface area contributed by atoms with Crippen molar-refractivity contribution in [2.24, 2.45) is 0 Å². The Morgan fingerprint density at radius 1 is 1.22 bits per heavy atom. The largest absolute Gasteiger partial charge is 0.383 e. The molecule has 1 aromatic carbocycles. The maximum Gasteiger partial charge on any atom is 0.218 e. The van der Waals surface area contributed by atoms with E-state index in [1.54, 1.807) is 19.2 Å². The van der Waals surface area contributed by atoms with Crippen LogP contribution in [0, 0.1) is 0 Å². The minimum atomic E-state index is -3.34. The van der Waals surface area contributed by atoms with Gasteiger partial charge in [-0.25, -0.2) is 8.42 Å². The number of ether oxygens (including phenoxy) is 1. The van der Waals surface area contributed by atoms with E-state index in [-0.39, 0.29) is 11.6 Å². The molecule has 102 valence electrons. The lowest BCUT2D eigenvalue weighted by molar-refractivity contribution is 0.180. The maximum atomic E-state index is 12.2. The van der Waals surface area contributed by atoms with E-state index in [0.29, 0.717) is 19.7 Å². The van der Waals surface area contributed by atoms with Gasteiger partial charge in [-0.2, -0.15) is 4.31 Å². The average Bonchev–Trinajstić information content (AvgIpc) is 2.35. The van der Waals surface area contributed by atoms with E-state index < -0.39 is 10.0 Å². The van der Waals surface area contributed by atoms with Crippen LogP contribution in [0.3, 0.4) is 0 Å². The predicted octanol–water partition coefficient (Wildman–Crippen LogP) is 1.70. The van der Waals surface area contributed by atoms with Crippen molar-refractivity contribution in [2.45, 2.75) is 5.75 Å². The first-order valence-corrected chi connectivity index (χ1v) is 7.81. The first kappa shape index (κ1) is 15.4. The monoisotopic (exact) mass is 291 g/mol. The standard InChI is InChI=1S/C12H18ClNO3S/c1-17-10-9-14(8-7-13)18(15,16)11-12-5-3-2-4-6-12/h2-6H,7-11H2,1H3. The van der Waals surface area contributed by atoms with Crippen molar-refractivity contribution in [1.29, 1.82) is 0 Å². The molecule has 0 unspecified atom stereocenters. The Morgan fingerprint density at radius 2 is 1.89 bits per heavy atom. The Kier molecular flexibility index (Phi) is 6.63. The highest BCUT2D eigenvalue weighted by Gasteiger charge is 2.21. The summed E-state index contributed by atoms with van der Waals surface area (Å²) in [6.07, 6.45) is 0. The summed E-state index contributed by atoms with van der Waals surface area (Å²) in [6.45, 7) is 1.00. The fourth-order valence-corrected chi connectivity index (χ4v) is 3.38. The predicted molar refractivity (Wildman–Crippen MR) is 73.2 cm³/mol. The lowest BCUT2D eigenvalue weighted by Crippen LogP contribution is -2.36. The van der Waals surface area contributed by atoms with Gasteiger partial charge in [0, 0.05) is 26.1 Å². The fourth-order valence-electron chi connectivity index (χ4n) is 1.55. The molecule has 6 heteroatoms.